The smallest absolute Gasteiger partial charge is 0.318 e. The Bertz CT molecular complexity index is 460. The average molecular weight is 295 g/mol. The van der Waals surface area contributed by atoms with Crippen LogP contribution in [0.15, 0.2) is 0 Å². The SMILES string of the molecule is Cc1nc(CNC(=O)N(C2CC2)[C@H](C)C(C)C)sc1C. The lowest BCUT2D eigenvalue weighted by atomic mass is 10.0. The van der Waals surface area contributed by atoms with E-state index < -0.39 is 0 Å². The van der Waals surface area contributed by atoms with Crippen LogP contribution in [0.4, 0.5) is 4.79 Å². The van der Waals surface area contributed by atoms with Gasteiger partial charge < -0.3 is 10.2 Å². The van der Waals surface area contributed by atoms with Crippen molar-refractivity contribution in [3.05, 3.63) is 15.6 Å². The van der Waals surface area contributed by atoms with E-state index in [4.69, 9.17) is 0 Å². The number of carbonyl (C=O) groups is 1. The second-order valence-electron chi connectivity index (χ2n) is 6.03. The summed E-state index contributed by atoms with van der Waals surface area (Å²) in [6.45, 7) is 11.1. The van der Waals surface area contributed by atoms with E-state index in [0.29, 0.717) is 18.5 Å². The van der Waals surface area contributed by atoms with Crippen molar-refractivity contribution in [3.8, 4) is 0 Å². The highest BCUT2D eigenvalue weighted by Crippen LogP contribution is 2.30. The molecule has 0 saturated heterocycles. The summed E-state index contributed by atoms with van der Waals surface area (Å²) in [5.41, 5.74) is 1.06. The first kappa shape index (κ1) is 15.3. The van der Waals surface area contributed by atoms with E-state index in [2.05, 4.69) is 38.0 Å². The highest BCUT2D eigenvalue weighted by molar-refractivity contribution is 7.11. The molecular weight excluding hydrogens is 270 g/mol. The van der Waals surface area contributed by atoms with Crippen LogP contribution in [0.2, 0.25) is 0 Å². The normalized spacial score (nSPS) is 16.3. The van der Waals surface area contributed by atoms with Crippen molar-refractivity contribution in [2.24, 2.45) is 5.92 Å². The zero-order chi connectivity index (χ0) is 14.9. The lowest BCUT2D eigenvalue weighted by Gasteiger charge is -2.32. The molecule has 112 valence electrons. The predicted molar refractivity (Wildman–Crippen MR) is 83.0 cm³/mol. The van der Waals surface area contributed by atoms with E-state index in [1.807, 2.05) is 11.8 Å². The minimum absolute atomic E-state index is 0.0548. The van der Waals surface area contributed by atoms with Gasteiger partial charge in [-0.25, -0.2) is 9.78 Å². The maximum atomic E-state index is 12.4. The maximum absolute atomic E-state index is 12.4. The standard InChI is InChI=1S/C15H25N3OS/c1-9(2)11(4)18(13-6-7-13)15(19)16-8-14-17-10(3)12(5)20-14/h9,11,13H,6-8H2,1-5H3,(H,16,19)/t11-/m1/s1. The lowest BCUT2D eigenvalue weighted by molar-refractivity contribution is 0.156. The molecule has 0 radical (unpaired) electrons. The minimum atomic E-state index is 0.0548. The number of hydrogen-bond acceptors (Lipinski definition) is 3. The number of amides is 2. The van der Waals surface area contributed by atoms with E-state index in [-0.39, 0.29) is 12.1 Å². The molecule has 1 fully saturated rings. The van der Waals surface area contributed by atoms with Crippen LogP contribution in [0.25, 0.3) is 0 Å². The van der Waals surface area contributed by atoms with Crippen molar-refractivity contribution in [1.82, 2.24) is 15.2 Å². The molecule has 4 nitrogen and oxygen atoms in total. The number of hydrogen-bond donors (Lipinski definition) is 1. The third kappa shape index (κ3) is 3.51. The Balaban J connectivity index is 1.95. The Hall–Kier alpha value is -1.10. The van der Waals surface area contributed by atoms with E-state index in [9.17, 15) is 4.79 Å². The zero-order valence-electron chi connectivity index (χ0n) is 13.1. The molecule has 1 saturated carbocycles. The molecule has 20 heavy (non-hydrogen) atoms. The fraction of sp³-hybridized carbons (Fsp3) is 0.733. The molecule has 1 aromatic heterocycles. The summed E-state index contributed by atoms with van der Waals surface area (Å²) in [6, 6.07) is 0.772. The van der Waals surface area contributed by atoms with E-state index in [1.54, 1.807) is 11.3 Å². The minimum Gasteiger partial charge on any atom is -0.331 e. The Kier molecular flexibility index (Phi) is 4.68. The van der Waals surface area contributed by atoms with Gasteiger partial charge in [0.2, 0.25) is 0 Å². The van der Waals surface area contributed by atoms with Gasteiger partial charge in [0.15, 0.2) is 0 Å². The Morgan fingerprint density at radius 1 is 1.40 bits per heavy atom. The summed E-state index contributed by atoms with van der Waals surface area (Å²) < 4.78 is 0. The van der Waals surface area contributed by atoms with Gasteiger partial charge in [-0.2, -0.15) is 0 Å². The van der Waals surface area contributed by atoms with Gasteiger partial charge in [0.25, 0.3) is 0 Å². The van der Waals surface area contributed by atoms with Crippen LogP contribution >= 0.6 is 11.3 Å². The van der Waals surface area contributed by atoms with Gasteiger partial charge in [-0.15, -0.1) is 11.3 Å². The van der Waals surface area contributed by atoms with Gasteiger partial charge in [-0.3, -0.25) is 0 Å². The molecule has 0 spiro atoms. The van der Waals surface area contributed by atoms with Gasteiger partial charge in [-0.05, 0) is 39.5 Å². The molecule has 2 amide bonds. The number of nitrogens with one attached hydrogen (secondary N) is 1. The highest BCUT2D eigenvalue weighted by atomic mass is 32.1. The summed E-state index contributed by atoms with van der Waals surface area (Å²) in [5, 5.41) is 4.02. The Morgan fingerprint density at radius 2 is 2.05 bits per heavy atom. The molecule has 1 aliphatic carbocycles. The first-order chi connectivity index (χ1) is 9.40. The number of nitrogens with zero attached hydrogens (tertiary/aromatic N) is 2. The van der Waals surface area contributed by atoms with Crippen LogP contribution in [0, 0.1) is 19.8 Å². The third-order valence-electron chi connectivity index (χ3n) is 4.04. The third-order valence-corrected chi connectivity index (χ3v) is 5.11. The lowest BCUT2D eigenvalue weighted by Crippen LogP contribution is -2.48. The first-order valence-electron chi connectivity index (χ1n) is 7.39. The van der Waals surface area contributed by atoms with Crippen molar-refractivity contribution < 1.29 is 4.79 Å². The number of thiazole rings is 1. The van der Waals surface area contributed by atoms with Crippen LogP contribution in [0.1, 0.15) is 49.2 Å². The molecule has 1 atom stereocenters. The molecule has 2 rings (SSSR count). The van der Waals surface area contributed by atoms with Crippen LogP contribution in [0.5, 0.6) is 0 Å². The summed E-state index contributed by atoms with van der Waals surface area (Å²) in [6.07, 6.45) is 2.28. The van der Waals surface area contributed by atoms with Crippen LogP contribution in [-0.2, 0) is 6.54 Å². The average Bonchev–Trinajstić information content (AvgIpc) is 3.15. The molecule has 1 N–H and O–H groups in total. The van der Waals surface area contributed by atoms with Crippen LogP contribution < -0.4 is 5.32 Å². The largest absolute Gasteiger partial charge is 0.331 e. The summed E-state index contributed by atoms with van der Waals surface area (Å²) in [4.78, 5) is 20.1. The monoisotopic (exact) mass is 295 g/mol. The van der Waals surface area contributed by atoms with Gasteiger partial charge >= 0.3 is 6.03 Å². The van der Waals surface area contributed by atoms with Crippen LogP contribution in [0.3, 0.4) is 0 Å². The fourth-order valence-corrected chi connectivity index (χ4v) is 3.09. The first-order valence-corrected chi connectivity index (χ1v) is 8.21. The summed E-state index contributed by atoms with van der Waals surface area (Å²) in [7, 11) is 0. The number of aryl methyl sites for hydroxylation is 2. The van der Waals surface area contributed by atoms with Crippen molar-refractivity contribution in [1.29, 1.82) is 0 Å². The van der Waals surface area contributed by atoms with Gasteiger partial charge in [0.05, 0.1) is 12.2 Å². The number of rotatable bonds is 5. The fourth-order valence-electron chi connectivity index (χ4n) is 2.21. The molecule has 1 aromatic rings. The quantitative estimate of drug-likeness (QED) is 0.904. The van der Waals surface area contributed by atoms with Crippen molar-refractivity contribution >= 4 is 17.4 Å². The second-order valence-corrected chi connectivity index (χ2v) is 7.32. The van der Waals surface area contributed by atoms with Gasteiger partial charge in [0, 0.05) is 17.0 Å². The number of carbonyl (C=O) groups excluding carboxylic acids is 1. The molecule has 1 aliphatic rings. The van der Waals surface area contributed by atoms with E-state index in [0.717, 1.165) is 23.5 Å². The highest BCUT2D eigenvalue weighted by Gasteiger charge is 2.36. The van der Waals surface area contributed by atoms with E-state index >= 15 is 0 Å². The molecule has 0 aliphatic heterocycles. The molecule has 0 bridgehead atoms. The van der Waals surface area contributed by atoms with Gasteiger partial charge in [0.1, 0.15) is 5.01 Å². The number of urea groups is 1. The van der Waals surface area contributed by atoms with Crippen molar-refractivity contribution in [3.63, 3.8) is 0 Å². The number of aromatic nitrogens is 1. The summed E-state index contributed by atoms with van der Waals surface area (Å²) >= 11 is 1.66. The Labute approximate surface area is 125 Å². The summed E-state index contributed by atoms with van der Waals surface area (Å²) in [5.74, 6) is 0.478. The maximum Gasteiger partial charge on any atom is 0.318 e. The molecule has 1 heterocycles. The van der Waals surface area contributed by atoms with Gasteiger partial charge in [-0.1, -0.05) is 13.8 Å². The molecular formula is C15H25N3OS. The van der Waals surface area contributed by atoms with Crippen LogP contribution in [-0.4, -0.2) is 28.0 Å². The van der Waals surface area contributed by atoms with Crippen molar-refractivity contribution in [2.45, 2.75) is 66.1 Å². The molecule has 5 heteroatoms. The second kappa shape index (κ2) is 6.12. The molecule has 0 unspecified atom stereocenters. The van der Waals surface area contributed by atoms with E-state index in [1.165, 1.54) is 4.88 Å². The zero-order valence-corrected chi connectivity index (χ0v) is 13.9. The Morgan fingerprint density at radius 3 is 2.50 bits per heavy atom. The molecule has 0 aromatic carbocycles. The van der Waals surface area contributed by atoms with Crippen molar-refractivity contribution in [2.75, 3.05) is 0 Å². The topological polar surface area (TPSA) is 45.2 Å². The predicted octanol–water partition coefficient (Wildman–Crippen LogP) is 3.48.